The molecule has 2 saturated heterocycles. The van der Waals surface area contributed by atoms with Crippen LogP contribution >= 0.6 is 0 Å². The van der Waals surface area contributed by atoms with Crippen molar-refractivity contribution in [3.05, 3.63) is 0 Å². The van der Waals surface area contributed by atoms with E-state index in [1.165, 1.54) is 58.2 Å². The van der Waals surface area contributed by atoms with E-state index in [0.29, 0.717) is 6.04 Å². The maximum atomic E-state index is 6.09. The minimum atomic E-state index is 0.716. The summed E-state index contributed by atoms with van der Waals surface area (Å²) in [5, 5.41) is 0. The van der Waals surface area contributed by atoms with Crippen LogP contribution < -0.4 is 5.73 Å². The van der Waals surface area contributed by atoms with E-state index in [4.69, 9.17) is 5.73 Å². The van der Waals surface area contributed by atoms with Crippen molar-refractivity contribution in [2.24, 2.45) is 17.6 Å². The van der Waals surface area contributed by atoms with Crippen LogP contribution in [0.4, 0.5) is 0 Å². The van der Waals surface area contributed by atoms with Gasteiger partial charge in [-0.3, -0.25) is 9.80 Å². The summed E-state index contributed by atoms with van der Waals surface area (Å²) in [5.74, 6) is 1.63. The zero-order chi connectivity index (χ0) is 14.1. The van der Waals surface area contributed by atoms with Crippen molar-refractivity contribution in [1.82, 2.24) is 9.80 Å². The third-order valence-corrected chi connectivity index (χ3v) is 6.18. The second-order valence-corrected chi connectivity index (χ2v) is 7.67. The van der Waals surface area contributed by atoms with Crippen molar-refractivity contribution in [2.45, 2.75) is 70.5 Å². The molecule has 2 heterocycles. The maximum absolute atomic E-state index is 6.09. The summed E-state index contributed by atoms with van der Waals surface area (Å²) in [6.45, 7) is 9.68. The van der Waals surface area contributed by atoms with Gasteiger partial charge >= 0.3 is 0 Å². The highest BCUT2D eigenvalue weighted by Gasteiger charge is 2.40. The summed E-state index contributed by atoms with van der Waals surface area (Å²) >= 11 is 0. The summed E-state index contributed by atoms with van der Waals surface area (Å²) in [5.41, 5.74) is 6.09. The van der Waals surface area contributed by atoms with Gasteiger partial charge in [0.1, 0.15) is 0 Å². The Bertz CT molecular complexity index is 319. The monoisotopic (exact) mass is 279 g/mol. The Balaban J connectivity index is 1.70. The highest BCUT2D eigenvalue weighted by atomic mass is 15.3. The average molecular weight is 279 g/mol. The fourth-order valence-corrected chi connectivity index (χ4v) is 4.93. The molecule has 20 heavy (non-hydrogen) atoms. The number of piperazine rings is 1. The fraction of sp³-hybridized carbons (Fsp3) is 1.00. The molecule has 1 saturated carbocycles. The molecule has 1 aliphatic carbocycles. The molecular weight excluding hydrogens is 246 g/mol. The molecule has 5 unspecified atom stereocenters. The molecule has 3 rings (SSSR count). The van der Waals surface area contributed by atoms with E-state index in [1.807, 2.05) is 0 Å². The Morgan fingerprint density at radius 3 is 2.70 bits per heavy atom. The molecule has 0 radical (unpaired) electrons. The molecule has 3 heteroatoms. The lowest BCUT2D eigenvalue weighted by Gasteiger charge is -2.53. The Morgan fingerprint density at radius 2 is 1.90 bits per heavy atom. The largest absolute Gasteiger partial charge is 0.330 e. The van der Waals surface area contributed by atoms with Gasteiger partial charge < -0.3 is 5.73 Å². The van der Waals surface area contributed by atoms with Crippen LogP contribution in [-0.2, 0) is 0 Å². The van der Waals surface area contributed by atoms with Crippen LogP contribution in [0.25, 0.3) is 0 Å². The summed E-state index contributed by atoms with van der Waals surface area (Å²) in [7, 11) is 0. The van der Waals surface area contributed by atoms with Crippen molar-refractivity contribution >= 4 is 0 Å². The Morgan fingerprint density at radius 1 is 1.05 bits per heavy atom. The predicted octanol–water partition coefficient (Wildman–Crippen LogP) is 2.31. The van der Waals surface area contributed by atoms with Crippen LogP contribution in [0.2, 0.25) is 0 Å². The smallest absolute Gasteiger partial charge is 0.0224 e. The number of hydrogen-bond donors (Lipinski definition) is 1. The van der Waals surface area contributed by atoms with E-state index in [9.17, 15) is 0 Å². The third-order valence-electron chi connectivity index (χ3n) is 6.18. The summed E-state index contributed by atoms with van der Waals surface area (Å²) in [6, 6.07) is 2.30. The lowest BCUT2D eigenvalue weighted by atomic mass is 9.77. The van der Waals surface area contributed by atoms with Crippen LogP contribution in [0, 0.1) is 11.8 Å². The molecule has 3 nitrogen and oxygen atoms in total. The standard InChI is InChI=1S/C17H33N3/c1-13-6-7-15(10-18)17(9-13)20-12-16-5-3-4-8-19(16)11-14(20)2/h13-17H,3-12,18H2,1-2H3. The first-order valence-corrected chi connectivity index (χ1v) is 8.89. The first-order chi connectivity index (χ1) is 9.69. The van der Waals surface area contributed by atoms with Gasteiger partial charge in [0, 0.05) is 31.2 Å². The van der Waals surface area contributed by atoms with Crippen molar-refractivity contribution in [2.75, 3.05) is 26.2 Å². The molecule has 2 N–H and O–H groups in total. The summed E-state index contributed by atoms with van der Waals surface area (Å²) in [6.07, 6.45) is 8.37. The Kier molecular flexibility index (Phi) is 4.68. The number of rotatable bonds is 2. The number of fused-ring (bicyclic) bond motifs is 1. The van der Waals surface area contributed by atoms with Crippen molar-refractivity contribution in [3.63, 3.8) is 0 Å². The van der Waals surface area contributed by atoms with Crippen LogP contribution in [0.3, 0.4) is 0 Å². The zero-order valence-electron chi connectivity index (χ0n) is 13.4. The second-order valence-electron chi connectivity index (χ2n) is 7.67. The quantitative estimate of drug-likeness (QED) is 0.842. The molecule has 116 valence electrons. The predicted molar refractivity (Wildman–Crippen MR) is 84.7 cm³/mol. The molecule has 3 aliphatic rings. The fourth-order valence-electron chi connectivity index (χ4n) is 4.93. The van der Waals surface area contributed by atoms with Gasteiger partial charge in [-0.05, 0) is 57.5 Å². The van der Waals surface area contributed by atoms with Crippen LogP contribution in [0.5, 0.6) is 0 Å². The molecule has 5 atom stereocenters. The lowest BCUT2D eigenvalue weighted by Crippen LogP contribution is -2.63. The third kappa shape index (κ3) is 2.90. The highest BCUT2D eigenvalue weighted by molar-refractivity contribution is 4.95. The van der Waals surface area contributed by atoms with Gasteiger partial charge in [-0.25, -0.2) is 0 Å². The average Bonchev–Trinajstić information content (AvgIpc) is 2.46. The number of piperidine rings is 1. The summed E-state index contributed by atoms with van der Waals surface area (Å²) < 4.78 is 0. The van der Waals surface area contributed by atoms with Gasteiger partial charge in [-0.1, -0.05) is 19.8 Å². The maximum Gasteiger partial charge on any atom is 0.0224 e. The van der Waals surface area contributed by atoms with Crippen molar-refractivity contribution in [3.8, 4) is 0 Å². The molecule has 0 aromatic carbocycles. The topological polar surface area (TPSA) is 32.5 Å². The summed E-state index contributed by atoms with van der Waals surface area (Å²) in [4.78, 5) is 5.61. The minimum absolute atomic E-state index is 0.716. The SMILES string of the molecule is CC1CCC(CN)C(N2CC3CCCCN3CC2C)C1. The second kappa shape index (κ2) is 6.33. The molecule has 0 amide bonds. The van der Waals surface area contributed by atoms with E-state index in [2.05, 4.69) is 23.6 Å². The van der Waals surface area contributed by atoms with Gasteiger partial charge in [0.25, 0.3) is 0 Å². The first kappa shape index (κ1) is 14.8. The molecule has 0 aromatic heterocycles. The van der Waals surface area contributed by atoms with E-state index in [1.54, 1.807) is 0 Å². The van der Waals surface area contributed by atoms with Crippen LogP contribution in [0.15, 0.2) is 0 Å². The molecule has 2 aliphatic heterocycles. The molecule has 3 fully saturated rings. The Hall–Kier alpha value is -0.120. The van der Waals surface area contributed by atoms with Crippen LogP contribution in [0.1, 0.15) is 52.4 Å². The van der Waals surface area contributed by atoms with E-state index < -0.39 is 0 Å². The van der Waals surface area contributed by atoms with Gasteiger partial charge in [0.15, 0.2) is 0 Å². The van der Waals surface area contributed by atoms with Crippen molar-refractivity contribution in [1.29, 1.82) is 0 Å². The highest BCUT2D eigenvalue weighted by Crippen LogP contribution is 2.35. The normalized spacial score (nSPS) is 44.2. The van der Waals surface area contributed by atoms with E-state index in [0.717, 1.165) is 30.5 Å². The first-order valence-electron chi connectivity index (χ1n) is 8.89. The zero-order valence-corrected chi connectivity index (χ0v) is 13.4. The number of nitrogens with two attached hydrogens (primary N) is 1. The van der Waals surface area contributed by atoms with E-state index in [-0.39, 0.29) is 0 Å². The van der Waals surface area contributed by atoms with Gasteiger partial charge in [0.05, 0.1) is 0 Å². The molecule has 0 aromatic rings. The Labute approximate surface area is 124 Å². The lowest BCUT2D eigenvalue weighted by molar-refractivity contribution is -0.0358. The number of nitrogens with zero attached hydrogens (tertiary/aromatic N) is 2. The van der Waals surface area contributed by atoms with Gasteiger partial charge in [-0.2, -0.15) is 0 Å². The van der Waals surface area contributed by atoms with Gasteiger partial charge in [0.2, 0.25) is 0 Å². The minimum Gasteiger partial charge on any atom is -0.330 e. The number of hydrogen-bond acceptors (Lipinski definition) is 3. The van der Waals surface area contributed by atoms with Gasteiger partial charge in [-0.15, -0.1) is 0 Å². The van der Waals surface area contributed by atoms with Crippen molar-refractivity contribution < 1.29 is 0 Å². The molecule has 0 spiro atoms. The van der Waals surface area contributed by atoms with E-state index >= 15 is 0 Å². The van der Waals surface area contributed by atoms with Crippen LogP contribution in [-0.4, -0.2) is 54.1 Å². The molecular formula is C17H33N3. The molecule has 0 bridgehead atoms.